The van der Waals surface area contributed by atoms with E-state index in [0.29, 0.717) is 21.4 Å². The van der Waals surface area contributed by atoms with E-state index in [4.69, 9.17) is 4.42 Å². The molecule has 0 saturated heterocycles. The molecule has 10 heteroatoms. The molecule has 0 aliphatic rings. The van der Waals surface area contributed by atoms with Crippen molar-refractivity contribution in [3.05, 3.63) is 94.5 Å². The maximum atomic E-state index is 12.7. The van der Waals surface area contributed by atoms with Gasteiger partial charge in [0, 0.05) is 28.5 Å². The van der Waals surface area contributed by atoms with E-state index in [1.54, 1.807) is 42.5 Å². The van der Waals surface area contributed by atoms with E-state index in [1.807, 2.05) is 0 Å². The summed E-state index contributed by atoms with van der Waals surface area (Å²) in [6.07, 6.45) is 0. The highest BCUT2D eigenvalue weighted by atomic mass is 32.2. The second-order valence-corrected chi connectivity index (χ2v) is 9.72. The summed E-state index contributed by atoms with van der Waals surface area (Å²) in [4.78, 5) is 10.8. The van der Waals surface area contributed by atoms with E-state index < -0.39 is 25.7 Å². The predicted molar refractivity (Wildman–Crippen MR) is 117 cm³/mol. The number of nitro groups is 1. The van der Waals surface area contributed by atoms with Crippen LogP contribution in [-0.2, 0) is 26.6 Å². The molecule has 3 aromatic carbocycles. The zero-order chi connectivity index (χ0) is 22.0. The van der Waals surface area contributed by atoms with Gasteiger partial charge in [-0.15, -0.1) is 0 Å². The van der Waals surface area contributed by atoms with Gasteiger partial charge in [-0.05, 0) is 29.8 Å². The Hall–Kier alpha value is -3.50. The highest BCUT2D eigenvalue weighted by molar-refractivity contribution is 7.92. The Balaban J connectivity index is 1.54. The van der Waals surface area contributed by atoms with Crippen molar-refractivity contribution in [3.63, 3.8) is 0 Å². The average molecular weight is 457 g/mol. The average Bonchev–Trinajstić information content (AvgIpc) is 3.19. The summed E-state index contributed by atoms with van der Waals surface area (Å²) in [6, 6.07) is 20.5. The Bertz CT molecular complexity index is 1380. The molecule has 0 bridgehead atoms. The highest BCUT2D eigenvalue weighted by Gasteiger charge is 2.20. The van der Waals surface area contributed by atoms with Crippen LogP contribution in [0.1, 0.15) is 5.56 Å². The van der Waals surface area contributed by atoms with E-state index >= 15 is 0 Å². The monoisotopic (exact) mass is 456 g/mol. The number of para-hydroxylation sites is 1. The molecule has 0 saturated carbocycles. The number of nitrogens with one attached hydrogen (secondary N) is 1. The van der Waals surface area contributed by atoms with Crippen LogP contribution in [0.15, 0.2) is 93.3 Å². The van der Waals surface area contributed by atoms with Gasteiger partial charge in [-0.1, -0.05) is 36.4 Å². The zero-order valence-corrected chi connectivity index (χ0v) is 17.6. The molecule has 1 heterocycles. The van der Waals surface area contributed by atoms with E-state index in [2.05, 4.69) is 4.72 Å². The van der Waals surface area contributed by atoms with Crippen molar-refractivity contribution in [1.29, 1.82) is 0 Å². The third kappa shape index (κ3) is 4.65. The number of rotatable bonds is 7. The maximum absolute atomic E-state index is 12.7. The van der Waals surface area contributed by atoms with Gasteiger partial charge in [0.15, 0.2) is 0 Å². The van der Waals surface area contributed by atoms with Gasteiger partial charge in [0.2, 0.25) is 5.09 Å². The van der Waals surface area contributed by atoms with Gasteiger partial charge < -0.3 is 4.42 Å². The van der Waals surface area contributed by atoms with Crippen molar-refractivity contribution in [2.75, 3.05) is 4.72 Å². The number of anilines is 1. The van der Waals surface area contributed by atoms with Crippen LogP contribution in [0.5, 0.6) is 0 Å². The van der Waals surface area contributed by atoms with Crippen molar-refractivity contribution in [2.45, 2.75) is 15.7 Å². The molecule has 1 N–H and O–H groups in total. The molecule has 8 nitrogen and oxygen atoms in total. The van der Waals surface area contributed by atoms with E-state index in [1.165, 1.54) is 36.4 Å². The standard InChI is InChI=1S/C21H16N2O6S2/c24-23(25)18-8-3-5-15(11-18)14-30(26)19-9-4-7-17(13-19)22-31(27,28)21-12-16-6-1-2-10-20(16)29-21/h1-13,22H,14H2. The van der Waals surface area contributed by atoms with Gasteiger partial charge in [-0.3, -0.25) is 19.0 Å². The fraction of sp³-hybridized carbons (Fsp3) is 0.0476. The molecule has 1 unspecified atom stereocenters. The van der Waals surface area contributed by atoms with Gasteiger partial charge in [0.25, 0.3) is 15.7 Å². The number of non-ortho nitro benzene ring substituents is 1. The van der Waals surface area contributed by atoms with Gasteiger partial charge >= 0.3 is 0 Å². The van der Waals surface area contributed by atoms with Crippen molar-refractivity contribution in [2.24, 2.45) is 0 Å². The molecule has 31 heavy (non-hydrogen) atoms. The molecule has 0 amide bonds. The van der Waals surface area contributed by atoms with Crippen LogP contribution in [0.4, 0.5) is 11.4 Å². The molecule has 4 aromatic rings. The van der Waals surface area contributed by atoms with Gasteiger partial charge in [-0.2, -0.15) is 8.42 Å². The van der Waals surface area contributed by atoms with Crippen molar-refractivity contribution < 1.29 is 22.0 Å². The summed E-state index contributed by atoms with van der Waals surface area (Å²) in [6.45, 7) is 0. The summed E-state index contributed by atoms with van der Waals surface area (Å²) >= 11 is 0. The summed E-state index contributed by atoms with van der Waals surface area (Å²) in [5, 5.41) is 11.4. The summed E-state index contributed by atoms with van der Waals surface area (Å²) in [5.74, 6) is 0.0570. The summed E-state index contributed by atoms with van der Waals surface area (Å²) in [5.41, 5.74) is 1.14. The van der Waals surface area contributed by atoms with Gasteiger partial charge in [0.1, 0.15) is 5.58 Å². The van der Waals surface area contributed by atoms with Crippen LogP contribution < -0.4 is 4.72 Å². The molecule has 0 radical (unpaired) electrons. The molecule has 1 atom stereocenters. The molecule has 0 fully saturated rings. The molecule has 0 aliphatic heterocycles. The topological polar surface area (TPSA) is 120 Å². The van der Waals surface area contributed by atoms with E-state index in [9.17, 15) is 22.7 Å². The van der Waals surface area contributed by atoms with Gasteiger partial charge in [-0.25, -0.2) is 0 Å². The molecule has 0 aliphatic carbocycles. The van der Waals surface area contributed by atoms with Crippen molar-refractivity contribution in [1.82, 2.24) is 0 Å². The van der Waals surface area contributed by atoms with Crippen LogP contribution in [0, 0.1) is 10.1 Å². The zero-order valence-electron chi connectivity index (χ0n) is 15.9. The minimum atomic E-state index is -3.98. The van der Waals surface area contributed by atoms with Crippen molar-refractivity contribution >= 4 is 43.2 Å². The normalized spacial score (nSPS) is 12.5. The number of benzene rings is 3. The van der Waals surface area contributed by atoms with E-state index in [0.717, 1.165) is 0 Å². The van der Waals surface area contributed by atoms with Crippen LogP contribution in [-0.4, -0.2) is 17.6 Å². The molecular weight excluding hydrogens is 440 g/mol. The third-order valence-corrected chi connectivity index (χ3v) is 7.05. The second-order valence-electron chi connectivity index (χ2n) is 6.65. The Morgan fingerprint density at radius 3 is 2.52 bits per heavy atom. The Kier molecular flexibility index (Phi) is 5.57. The Morgan fingerprint density at radius 2 is 1.74 bits per heavy atom. The fourth-order valence-corrected chi connectivity index (χ4v) is 5.15. The number of fused-ring (bicyclic) bond motifs is 1. The third-order valence-electron chi connectivity index (χ3n) is 4.44. The number of sulfonamides is 1. The summed E-state index contributed by atoms with van der Waals surface area (Å²) < 4.78 is 46.0. The summed E-state index contributed by atoms with van der Waals surface area (Å²) in [7, 11) is -5.51. The van der Waals surface area contributed by atoms with Crippen LogP contribution in [0.3, 0.4) is 0 Å². The first-order chi connectivity index (χ1) is 14.8. The number of hydrogen-bond donors (Lipinski definition) is 1. The smallest absolute Gasteiger partial charge is 0.295 e. The minimum Gasteiger partial charge on any atom is -0.443 e. The lowest BCUT2D eigenvalue weighted by Gasteiger charge is -2.08. The van der Waals surface area contributed by atoms with E-state index in [-0.39, 0.29) is 22.2 Å². The van der Waals surface area contributed by atoms with Crippen molar-refractivity contribution in [3.8, 4) is 0 Å². The Morgan fingerprint density at radius 1 is 0.968 bits per heavy atom. The lowest BCUT2D eigenvalue weighted by molar-refractivity contribution is -0.384. The predicted octanol–water partition coefficient (Wildman–Crippen LogP) is 4.45. The lowest BCUT2D eigenvalue weighted by atomic mass is 10.2. The van der Waals surface area contributed by atoms with Crippen LogP contribution >= 0.6 is 0 Å². The minimum absolute atomic E-state index is 0.0570. The van der Waals surface area contributed by atoms with Crippen LogP contribution in [0.25, 0.3) is 11.0 Å². The first-order valence-corrected chi connectivity index (χ1v) is 11.9. The quantitative estimate of drug-likeness (QED) is 0.324. The molecule has 1 aromatic heterocycles. The fourth-order valence-electron chi connectivity index (χ4n) is 2.99. The first kappa shape index (κ1) is 20.8. The maximum Gasteiger partial charge on any atom is 0.295 e. The van der Waals surface area contributed by atoms with Crippen LogP contribution in [0.2, 0.25) is 0 Å². The Labute approximate surface area is 180 Å². The first-order valence-electron chi connectivity index (χ1n) is 9.05. The molecule has 158 valence electrons. The van der Waals surface area contributed by atoms with Gasteiger partial charge in [0.05, 0.1) is 27.2 Å². The SMILES string of the molecule is O=[N+]([O-])c1cccc(CS(=O)c2cccc(NS(=O)(=O)c3cc4ccccc4o3)c2)c1. The number of furan rings is 1. The second kappa shape index (κ2) is 8.32. The highest BCUT2D eigenvalue weighted by Crippen LogP contribution is 2.25. The molecule has 0 spiro atoms. The lowest BCUT2D eigenvalue weighted by Crippen LogP contribution is -2.12. The molecular formula is C21H16N2O6S2. The largest absolute Gasteiger partial charge is 0.443 e. The number of nitro benzene ring substituents is 1. The molecule has 4 rings (SSSR count). The number of nitrogens with zero attached hydrogens (tertiary/aromatic N) is 1. The number of hydrogen-bond acceptors (Lipinski definition) is 6.